The predicted molar refractivity (Wildman–Crippen MR) is 77.5 cm³/mol. The van der Waals surface area contributed by atoms with E-state index >= 15 is 0 Å². The monoisotopic (exact) mass is 298 g/mol. The van der Waals surface area contributed by atoms with Gasteiger partial charge in [0.2, 0.25) is 11.1 Å². The zero-order valence-corrected chi connectivity index (χ0v) is 12.7. The van der Waals surface area contributed by atoms with Crippen LogP contribution in [0.1, 0.15) is 32.1 Å². The number of carbonyl (C=O) groups excluding carboxylic acids is 1. The highest BCUT2D eigenvalue weighted by Crippen LogP contribution is 2.18. The largest absolute Gasteiger partial charge is 0.353 e. The average Bonchev–Trinajstić information content (AvgIpc) is 2.91. The van der Waals surface area contributed by atoms with Gasteiger partial charge in [0, 0.05) is 12.6 Å². The molecule has 112 valence electrons. The number of aromatic nitrogens is 4. The maximum absolute atomic E-state index is 11.9. The molecule has 0 atom stereocenters. The molecule has 1 aromatic heterocycles. The normalized spacial score (nSPS) is 16.2. The van der Waals surface area contributed by atoms with E-state index < -0.39 is 0 Å². The molecular formula is C12H22N6OS. The summed E-state index contributed by atoms with van der Waals surface area (Å²) in [5.41, 5.74) is 0. The van der Waals surface area contributed by atoms with Crippen molar-refractivity contribution in [1.29, 1.82) is 0 Å². The first kappa shape index (κ1) is 15.2. The first-order chi connectivity index (χ1) is 9.79. The van der Waals surface area contributed by atoms with Gasteiger partial charge in [-0.05, 0) is 30.3 Å². The molecule has 1 aliphatic carbocycles. The zero-order valence-electron chi connectivity index (χ0n) is 11.8. The van der Waals surface area contributed by atoms with Crippen LogP contribution >= 0.6 is 11.8 Å². The quantitative estimate of drug-likeness (QED) is 0.710. The Morgan fingerprint density at radius 2 is 2.20 bits per heavy atom. The van der Waals surface area contributed by atoms with Gasteiger partial charge in [0.1, 0.15) is 0 Å². The van der Waals surface area contributed by atoms with Gasteiger partial charge in [-0.15, -0.1) is 5.10 Å². The Labute approximate surface area is 123 Å². The number of likely N-dealkylation sites (N-methyl/N-ethyl adjacent to an activating group) is 1. The van der Waals surface area contributed by atoms with Gasteiger partial charge in [-0.1, -0.05) is 31.0 Å². The van der Waals surface area contributed by atoms with Gasteiger partial charge in [0.25, 0.3) is 0 Å². The molecule has 0 saturated heterocycles. The second-order valence-electron chi connectivity index (χ2n) is 4.98. The number of hydrogen-bond acceptors (Lipinski definition) is 6. The fourth-order valence-corrected chi connectivity index (χ4v) is 3.02. The van der Waals surface area contributed by atoms with Crippen molar-refractivity contribution < 1.29 is 4.79 Å². The number of rotatable bonds is 7. The van der Waals surface area contributed by atoms with Crippen LogP contribution in [0.25, 0.3) is 0 Å². The number of hydrogen-bond donors (Lipinski definition) is 2. The van der Waals surface area contributed by atoms with Gasteiger partial charge in [-0.25, -0.2) is 4.68 Å². The maximum Gasteiger partial charge on any atom is 0.230 e. The molecule has 1 amide bonds. The molecule has 0 aliphatic heterocycles. The molecule has 1 saturated carbocycles. The van der Waals surface area contributed by atoms with Gasteiger partial charge in [-0.3, -0.25) is 4.79 Å². The second-order valence-corrected chi connectivity index (χ2v) is 5.92. The van der Waals surface area contributed by atoms with Crippen LogP contribution in [0.15, 0.2) is 5.16 Å². The molecule has 1 aliphatic rings. The van der Waals surface area contributed by atoms with E-state index in [1.807, 2.05) is 7.05 Å². The summed E-state index contributed by atoms with van der Waals surface area (Å²) in [4.78, 5) is 11.9. The Bertz CT molecular complexity index is 418. The van der Waals surface area contributed by atoms with Crippen molar-refractivity contribution in [3.63, 3.8) is 0 Å². The molecule has 7 nitrogen and oxygen atoms in total. The smallest absolute Gasteiger partial charge is 0.230 e. The van der Waals surface area contributed by atoms with Crippen molar-refractivity contribution in [2.45, 2.75) is 49.8 Å². The Balaban J connectivity index is 1.73. The number of carbonyl (C=O) groups is 1. The first-order valence-corrected chi connectivity index (χ1v) is 8.11. The van der Waals surface area contributed by atoms with Crippen LogP contribution in [0.2, 0.25) is 0 Å². The van der Waals surface area contributed by atoms with E-state index in [9.17, 15) is 4.79 Å². The molecule has 2 rings (SSSR count). The number of nitrogens with one attached hydrogen (secondary N) is 2. The Morgan fingerprint density at radius 1 is 1.40 bits per heavy atom. The third-order valence-corrected chi connectivity index (χ3v) is 4.33. The lowest BCUT2D eigenvalue weighted by atomic mass is 9.95. The van der Waals surface area contributed by atoms with Crippen molar-refractivity contribution in [1.82, 2.24) is 30.8 Å². The second kappa shape index (κ2) is 8.21. The van der Waals surface area contributed by atoms with Crippen LogP contribution < -0.4 is 10.6 Å². The predicted octanol–water partition coefficient (Wildman–Crippen LogP) is 0.433. The van der Waals surface area contributed by atoms with Crippen molar-refractivity contribution in [3.05, 3.63) is 0 Å². The number of tetrazole rings is 1. The number of nitrogens with zero attached hydrogens (tertiary/aromatic N) is 4. The highest BCUT2D eigenvalue weighted by molar-refractivity contribution is 7.99. The summed E-state index contributed by atoms with van der Waals surface area (Å²) in [5, 5.41) is 18.3. The molecule has 8 heteroatoms. The lowest BCUT2D eigenvalue weighted by molar-refractivity contribution is -0.119. The van der Waals surface area contributed by atoms with E-state index in [1.165, 1.54) is 31.0 Å². The van der Waals surface area contributed by atoms with Crippen LogP contribution in [-0.2, 0) is 11.3 Å². The Hall–Kier alpha value is -1.15. The molecule has 2 N–H and O–H groups in total. The molecule has 0 bridgehead atoms. The van der Waals surface area contributed by atoms with Gasteiger partial charge in [0.15, 0.2) is 0 Å². The summed E-state index contributed by atoms with van der Waals surface area (Å²) >= 11 is 1.39. The highest BCUT2D eigenvalue weighted by Gasteiger charge is 2.16. The molecule has 1 aromatic rings. The average molecular weight is 298 g/mol. The fourth-order valence-electron chi connectivity index (χ4n) is 2.30. The molecule has 0 radical (unpaired) electrons. The minimum absolute atomic E-state index is 0.0741. The summed E-state index contributed by atoms with van der Waals surface area (Å²) in [6.45, 7) is 1.50. The van der Waals surface area contributed by atoms with Gasteiger partial charge in [0.05, 0.1) is 12.3 Å². The van der Waals surface area contributed by atoms with Gasteiger partial charge < -0.3 is 10.6 Å². The van der Waals surface area contributed by atoms with Crippen molar-refractivity contribution >= 4 is 17.7 Å². The summed E-state index contributed by atoms with van der Waals surface area (Å²) in [7, 11) is 1.88. The molecule has 1 fully saturated rings. The lowest BCUT2D eigenvalue weighted by Crippen LogP contribution is -2.37. The van der Waals surface area contributed by atoms with E-state index in [0.717, 1.165) is 19.4 Å². The van der Waals surface area contributed by atoms with E-state index in [4.69, 9.17) is 0 Å². The van der Waals surface area contributed by atoms with Crippen LogP contribution in [0.5, 0.6) is 0 Å². The Kier molecular flexibility index (Phi) is 6.25. The first-order valence-electron chi connectivity index (χ1n) is 7.12. The standard InChI is InChI=1S/C12H22N6OS/c1-13-7-8-18-12(15-16-17-18)20-9-11(19)14-10-5-3-2-4-6-10/h10,13H,2-9H2,1H3,(H,14,19). The van der Waals surface area contributed by atoms with Gasteiger partial charge in [-0.2, -0.15) is 0 Å². The third kappa shape index (κ3) is 4.75. The van der Waals surface area contributed by atoms with Crippen molar-refractivity contribution in [2.24, 2.45) is 0 Å². The van der Waals surface area contributed by atoms with Crippen LogP contribution in [0.3, 0.4) is 0 Å². The molecule has 20 heavy (non-hydrogen) atoms. The van der Waals surface area contributed by atoms with E-state index in [1.54, 1.807) is 4.68 Å². The van der Waals surface area contributed by atoms with E-state index in [0.29, 0.717) is 23.5 Å². The summed E-state index contributed by atoms with van der Waals surface area (Å²) in [5.74, 6) is 0.446. The number of thioether (sulfide) groups is 1. The minimum Gasteiger partial charge on any atom is -0.353 e. The Morgan fingerprint density at radius 3 is 2.95 bits per heavy atom. The minimum atomic E-state index is 0.0741. The lowest BCUT2D eigenvalue weighted by Gasteiger charge is -2.22. The van der Waals surface area contributed by atoms with Crippen LogP contribution in [-0.4, -0.2) is 51.5 Å². The molecule has 0 unspecified atom stereocenters. The maximum atomic E-state index is 11.9. The van der Waals surface area contributed by atoms with Crippen molar-refractivity contribution in [3.8, 4) is 0 Å². The van der Waals surface area contributed by atoms with Crippen LogP contribution in [0.4, 0.5) is 0 Å². The van der Waals surface area contributed by atoms with E-state index in [2.05, 4.69) is 26.2 Å². The molecular weight excluding hydrogens is 276 g/mol. The molecule has 1 heterocycles. The zero-order chi connectivity index (χ0) is 14.2. The molecule has 0 aromatic carbocycles. The third-order valence-electron chi connectivity index (χ3n) is 3.38. The van der Waals surface area contributed by atoms with Crippen LogP contribution in [0, 0.1) is 0 Å². The summed E-state index contributed by atoms with van der Waals surface area (Å²) in [6, 6.07) is 0.358. The summed E-state index contributed by atoms with van der Waals surface area (Å²) in [6.07, 6.45) is 5.95. The number of amides is 1. The highest BCUT2D eigenvalue weighted by atomic mass is 32.2. The fraction of sp³-hybridized carbons (Fsp3) is 0.833. The SMILES string of the molecule is CNCCn1nnnc1SCC(=O)NC1CCCCC1. The topological polar surface area (TPSA) is 84.7 Å². The van der Waals surface area contributed by atoms with Gasteiger partial charge >= 0.3 is 0 Å². The summed E-state index contributed by atoms with van der Waals surface area (Å²) < 4.78 is 1.72. The molecule has 0 spiro atoms. The van der Waals surface area contributed by atoms with E-state index in [-0.39, 0.29) is 5.91 Å². The van der Waals surface area contributed by atoms with Crippen molar-refractivity contribution in [2.75, 3.05) is 19.3 Å².